The van der Waals surface area contributed by atoms with Gasteiger partial charge in [0.2, 0.25) is 10.0 Å². The predicted octanol–water partition coefficient (Wildman–Crippen LogP) is 1.16. The zero-order valence-electron chi connectivity index (χ0n) is 10.5. The van der Waals surface area contributed by atoms with Crippen molar-refractivity contribution in [1.82, 2.24) is 9.62 Å². The molecule has 0 aliphatic heterocycles. The second-order valence-corrected chi connectivity index (χ2v) is 7.55. The fourth-order valence-corrected chi connectivity index (χ4v) is 3.59. The lowest BCUT2D eigenvalue weighted by molar-refractivity contribution is 0.462. The monoisotopic (exact) mass is 276 g/mol. The van der Waals surface area contributed by atoms with Crippen LogP contribution >= 0.6 is 11.3 Å². The van der Waals surface area contributed by atoms with Crippen LogP contribution in [0.25, 0.3) is 0 Å². The lowest BCUT2D eigenvalue weighted by Gasteiger charge is -2.21. The molecule has 6 heteroatoms. The molecule has 0 amide bonds. The number of hydrogen-bond donors (Lipinski definition) is 1. The fourth-order valence-electron chi connectivity index (χ4n) is 1.55. The van der Waals surface area contributed by atoms with Gasteiger partial charge in [0.15, 0.2) is 0 Å². The molecular weight excluding hydrogens is 256 g/mol. The fraction of sp³-hybridized carbons (Fsp3) is 0.636. The van der Waals surface area contributed by atoms with Crippen LogP contribution in [-0.2, 0) is 16.4 Å². The Kier molecular flexibility index (Phi) is 5.58. The second kappa shape index (κ2) is 6.49. The molecule has 1 unspecified atom stereocenters. The third-order valence-corrected chi connectivity index (χ3v) is 5.86. The zero-order valence-corrected chi connectivity index (χ0v) is 12.1. The van der Waals surface area contributed by atoms with Gasteiger partial charge in [0.25, 0.3) is 0 Å². The first-order valence-electron chi connectivity index (χ1n) is 5.60. The van der Waals surface area contributed by atoms with Crippen LogP contribution in [0.15, 0.2) is 17.5 Å². The summed E-state index contributed by atoms with van der Waals surface area (Å²) in [5.41, 5.74) is 0. The van der Waals surface area contributed by atoms with Gasteiger partial charge in [0.05, 0.1) is 5.25 Å². The summed E-state index contributed by atoms with van der Waals surface area (Å²) in [7, 11) is 0.231. The summed E-state index contributed by atoms with van der Waals surface area (Å²) in [6, 6.07) is 4.01. The first-order chi connectivity index (χ1) is 7.98. The van der Waals surface area contributed by atoms with Crippen LogP contribution in [0.2, 0.25) is 0 Å². The van der Waals surface area contributed by atoms with Crippen molar-refractivity contribution in [2.24, 2.45) is 0 Å². The van der Waals surface area contributed by atoms with Crippen LogP contribution in [0.3, 0.4) is 0 Å². The van der Waals surface area contributed by atoms with Crippen molar-refractivity contribution in [3.8, 4) is 0 Å². The summed E-state index contributed by atoms with van der Waals surface area (Å²) in [5, 5.41) is 4.51. The van der Waals surface area contributed by atoms with E-state index in [1.54, 1.807) is 32.4 Å². The van der Waals surface area contributed by atoms with Gasteiger partial charge in [-0.2, -0.15) is 0 Å². The molecule has 0 fully saturated rings. The minimum Gasteiger partial charge on any atom is -0.318 e. The highest BCUT2D eigenvalue weighted by molar-refractivity contribution is 7.89. The maximum absolute atomic E-state index is 12.1. The molecule has 0 aliphatic carbocycles. The minimum absolute atomic E-state index is 0.388. The van der Waals surface area contributed by atoms with Crippen molar-refractivity contribution in [3.05, 3.63) is 22.4 Å². The summed E-state index contributed by atoms with van der Waals surface area (Å²) < 4.78 is 25.6. The molecule has 98 valence electrons. The number of rotatable bonds is 7. The smallest absolute Gasteiger partial charge is 0.217 e. The highest BCUT2D eigenvalue weighted by atomic mass is 32.2. The van der Waals surface area contributed by atoms with Crippen molar-refractivity contribution >= 4 is 21.4 Å². The van der Waals surface area contributed by atoms with Crippen molar-refractivity contribution < 1.29 is 8.42 Å². The minimum atomic E-state index is -3.18. The van der Waals surface area contributed by atoms with Crippen LogP contribution in [0.4, 0.5) is 0 Å². The SMILES string of the molecule is CNCC(C)S(=O)(=O)N(C)CCc1cccs1. The van der Waals surface area contributed by atoms with Gasteiger partial charge in [-0.1, -0.05) is 6.07 Å². The van der Waals surface area contributed by atoms with E-state index in [9.17, 15) is 8.42 Å². The summed E-state index contributed by atoms with van der Waals surface area (Å²) in [6.45, 7) is 2.75. The van der Waals surface area contributed by atoms with E-state index < -0.39 is 10.0 Å². The molecule has 0 radical (unpaired) electrons. The van der Waals surface area contributed by atoms with Gasteiger partial charge in [-0.15, -0.1) is 11.3 Å². The van der Waals surface area contributed by atoms with Gasteiger partial charge in [0, 0.05) is 25.0 Å². The molecule has 0 saturated carbocycles. The van der Waals surface area contributed by atoms with Gasteiger partial charge in [-0.25, -0.2) is 12.7 Å². The Bertz CT molecular complexity index is 415. The molecule has 0 aliphatic rings. The summed E-state index contributed by atoms with van der Waals surface area (Å²) >= 11 is 1.66. The average molecular weight is 276 g/mol. The summed E-state index contributed by atoms with van der Waals surface area (Å²) in [6.07, 6.45) is 0.777. The first-order valence-corrected chi connectivity index (χ1v) is 7.99. The van der Waals surface area contributed by atoms with Gasteiger partial charge in [-0.3, -0.25) is 0 Å². The van der Waals surface area contributed by atoms with Gasteiger partial charge >= 0.3 is 0 Å². The van der Waals surface area contributed by atoms with E-state index in [0.717, 1.165) is 6.42 Å². The maximum atomic E-state index is 12.1. The lowest BCUT2D eigenvalue weighted by Crippen LogP contribution is -2.40. The second-order valence-electron chi connectivity index (χ2n) is 4.06. The Morgan fingerprint density at radius 3 is 2.76 bits per heavy atom. The van der Waals surface area contributed by atoms with E-state index in [-0.39, 0.29) is 5.25 Å². The number of thiophene rings is 1. The number of likely N-dealkylation sites (N-methyl/N-ethyl adjacent to an activating group) is 1. The molecule has 1 atom stereocenters. The molecule has 1 rings (SSSR count). The van der Waals surface area contributed by atoms with Crippen LogP contribution in [0.1, 0.15) is 11.8 Å². The highest BCUT2D eigenvalue weighted by Crippen LogP contribution is 2.12. The Morgan fingerprint density at radius 1 is 1.53 bits per heavy atom. The van der Waals surface area contributed by atoms with E-state index >= 15 is 0 Å². The summed E-state index contributed by atoms with van der Waals surface area (Å²) in [4.78, 5) is 1.22. The molecule has 0 spiro atoms. The Morgan fingerprint density at radius 2 is 2.24 bits per heavy atom. The van der Waals surface area contributed by atoms with E-state index in [2.05, 4.69) is 5.32 Å². The molecule has 1 aromatic rings. The first kappa shape index (κ1) is 14.6. The standard InChI is InChI=1S/C11H20N2O2S2/c1-10(9-12-2)17(14,15)13(3)7-6-11-5-4-8-16-11/h4-5,8,10,12H,6-7,9H2,1-3H3. The lowest BCUT2D eigenvalue weighted by atomic mass is 10.3. The molecule has 1 N–H and O–H groups in total. The summed E-state index contributed by atoms with van der Waals surface area (Å²) in [5.74, 6) is 0. The molecule has 17 heavy (non-hydrogen) atoms. The molecule has 4 nitrogen and oxygen atoms in total. The van der Waals surface area contributed by atoms with Gasteiger partial charge in [0.1, 0.15) is 0 Å². The van der Waals surface area contributed by atoms with Gasteiger partial charge in [-0.05, 0) is 31.8 Å². The Labute approximate surface area is 108 Å². The quantitative estimate of drug-likeness (QED) is 0.813. The molecule has 0 bridgehead atoms. The Balaban J connectivity index is 2.54. The third-order valence-electron chi connectivity index (χ3n) is 2.69. The number of sulfonamides is 1. The normalized spacial score (nSPS) is 14.1. The maximum Gasteiger partial charge on any atom is 0.217 e. The van der Waals surface area contributed by atoms with E-state index in [1.165, 1.54) is 9.18 Å². The molecule has 0 saturated heterocycles. The van der Waals surface area contributed by atoms with Crippen molar-refractivity contribution in [1.29, 1.82) is 0 Å². The van der Waals surface area contributed by atoms with E-state index in [1.807, 2.05) is 17.5 Å². The Hall–Kier alpha value is -0.430. The molecule has 0 aromatic carbocycles. The van der Waals surface area contributed by atoms with Crippen LogP contribution < -0.4 is 5.32 Å². The largest absolute Gasteiger partial charge is 0.318 e. The predicted molar refractivity (Wildman–Crippen MR) is 73.0 cm³/mol. The van der Waals surface area contributed by atoms with E-state index in [0.29, 0.717) is 13.1 Å². The van der Waals surface area contributed by atoms with Crippen molar-refractivity contribution in [2.45, 2.75) is 18.6 Å². The van der Waals surface area contributed by atoms with Crippen molar-refractivity contribution in [3.63, 3.8) is 0 Å². The molecular formula is C11H20N2O2S2. The van der Waals surface area contributed by atoms with Crippen LogP contribution in [0.5, 0.6) is 0 Å². The highest BCUT2D eigenvalue weighted by Gasteiger charge is 2.24. The number of hydrogen-bond acceptors (Lipinski definition) is 4. The average Bonchev–Trinajstić information content (AvgIpc) is 2.78. The van der Waals surface area contributed by atoms with Crippen LogP contribution in [0, 0.1) is 0 Å². The number of nitrogens with one attached hydrogen (secondary N) is 1. The topological polar surface area (TPSA) is 49.4 Å². The third kappa shape index (κ3) is 4.06. The zero-order chi connectivity index (χ0) is 12.9. The van der Waals surface area contributed by atoms with Crippen molar-refractivity contribution in [2.75, 3.05) is 27.2 Å². The molecule has 1 aromatic heterocycles. The van der Waals surface area contributed by atoms with Crippen LogP contribution in [-0.4, -0.2) is 45.2 Å². The number of nitrogens with zero attached hydrogens (tertiary/aromatic N) is 1. The molecule has 1 heterocycles. The van der Waals surface area contributed by atoms with Gasteiger partial charge < -0.3 is 5.32 Å². The van der Waals surface area contributed by atoms with E-state index in [4.69, 9.17) is 0 Å².